The molecule has 2 aromatic rings. The van der Waals surface area contributed by atoms with Crippen LogP contribution in [0.4, 0.5) is 0 Å². The quantitative estimate of drug-likeness (QED) is 0.701. The van der Waals surface area contributed by atoms with E-state index in [1.165, 1.54) is 25.8 Å². The molecule has 1 aromatic heterocycles. The number of piperidine rings is 1. The van der Waals surface area contributed by atoms with Gasteiger partial charge in [0.05, 0.1) is 12.2 Å². The summed E-state index contributed by atoms with van der Waals surface area (Å²) >= 11 is 0. The summed E-state index contributed by atoms with van der Waals surface area (Å²) in [6.45, 7) is 3.87. The second-order valence-corrected chi connectivity index (χ2v) is 8.30. The highest BCUT2D eigenvalue weighted by molar-refractivity contribution is 5.94. The van der Waals surface area contributed by atoms with Crippen LogP contribution >= 0.6 is 0 Å². The van der Waals surface area contributed by atoms with E-state index in [-0.39, 0.29) is 12.0 Å². The van der Waals surface area contributed by atoms with Crippen molar-refractivity contribution in [3.63, 3.8) is 0 Å². The summed E-state index contributed by atoms with van der Waals surface area (Å²) in [5.74, 6) is 1.56. The van der Waals surface area contributed by atoms with E-state index >= 15 is 0 Å². The maximum Gasteiger partial charge on any atom is 0.251 e. The van der Waals surface area contributed by atoms with Gasteiger partial charge in [0.1, 0.15) is 11.9 Å². The average molecular weight is 406 g/mol. The molecule has 158 valence electrons. The number of pyridine rings is 1. The van der Waals surface area contributed by atoms with Crippen LogP contribution in [-0.2, 0) is 6.54 Å². The molecule has 4 rings (SSSR count). The Balaban J connectivity index is 1.20. The summed E-state index contributed by atoms with van der Waals surface area (Å²) in [6.07, 6.45) is 12.6. The summed E-state index contributed by atoms with van der Waals surface area (Å²) in [6, 6.07) is 13.1. The van der Waals surface area contributed by atoms with E-state index < -0.39 is 0 Å². The Morgan fingerprint density at radius 1 is 1.07 bits per heavy atom. The third-order valence-corrected chi connectivity index (χ3v) is 6.00. The van der Waals surface area contributed by atoms with Crippen LogP contribution in [-0.4, -0.2) is 41.5 Å². The first kappa shape index (κ1) is 20.6. The maximum absolute atomic E-state index is 12.3. The average Bonchev–Trinajstić information content (AvgIpc) is 2.81. The number of carbonyl (C=O) groups is 1. The number of likely N-dealkylation sites (tertiary alicyclic amines) is 1. The number of carbonyl (C=O) groups excluding carboxylic acids is 1. The molecule has 1 amide bonds. The SMILES string of the molecule is O=C(NCc1ccccn1)c1ccc(OC2CCN(C[C@H]3CC=CCC3)CC2)cc1. The van der Waals surface area contributed by atoms with Gasteiger partial charge in [-0.1, -0.05) is 18.2 Å². The molecule has 1 saturated heterocycles. The minimum absolute atomic E-state index is 0.0990. The molecular weight excluding hydrogens is 374 g/mol. The van der Waals surface area contributed by atoms with Crippen LogP contribution in [0.2, 0.25) is 0 Å². The van der Waals surface area contributed by atoms with E-state index in [0.717, 1.165) is 43.3 Å². The lowest BCUT2D eigenvalue weighted by atomic mass is 9.93. The molecule has 0 unspecified atom stereocenters. The number of nitrogens with one attached hydrogen (secondary N) is 1. The van der Waals surface area contributed by atoms with Gasteiger partial charge in [-0.25, -0.2) is 0 Å². The third-order valence-electron chi connectivity index (χ3n) is 6.00. The molecule has 5 nitrogen and oxygen atoms in total. The lowest BCUT2D eigenvalue weighted by Gasteiger charge is -2.34. The van der Waals surface area contributed by atoms with E-state index in [1.807, 2.05) is 42.5 Å². The van der Waals surface area contributed by atoms with Gasteiger partial charge in [0.2, 0.25) is 0 Å². The smallest absolute Gasteiger partial charge is 0.251 e. The fourth-order valence-corrected chi connectivity index (χ4v) is 4.25. The van der Waals surface area contributed by atoms with Crippen molar-refractivity contribution in [2.45, 2.75) is 44.8 Å². The van der Waals surface area contributed by atoms with E-state index in [4.69, 9.17) is 4.74 Å². The zero-order chi connectivity index (χ0) is 20.6. The second-order valence-electron chi connectivity index (χ2n) is 8.30. The molecule has 0 radical (unpaired) electrons. The molecule has 30 heavy (non-hydrogen) atoms. The monoisotopic (exact) mass is 405 g/mol. The minimum Gasteiger partial charge on any atom is -0.490 e. The molecule has 1 atom stereocenters. The highest BCUT2D eigenvalue weighted by Gasteiger charge is 2.23. The largest absolute Gasteiger partial charge is 0.490 e. The van der Waals surface area contributed by atoms with Gasteiger partial charge in [-0.05, 0) is 74.4 Å². The lowest BCUT2D eigenvalue weighted by molar-refractivity contribution is 0.0899. The second kappa shape index (κ2) is 10.4. The summed E-state index contributed by atoms with van der Waals surface area (Å²) < 4.78 is 6.18. The van der Waals surface area contributed by atoms with E-state index in [9.17, 15) is 4.79 Å². The highest BCUT2D eigenvalue weighted by atomic mass is 16.5. The van der Waals surface area contributed by atoms with E-state index in [1.54, 1.807) is 6.20 Å². The van der Waals surface area contributed by atoms with Crippen molar-refractivity contribution in [3.05, 3.63) is 72.1 Å². The molecule has 1 fully saturated rings. The van der Waals surface area contributed by atoms with Crippen molar-refractivity contribution in [1.82, 2.24) is 15.2 Å². The number of aromatic nitrogens is 1. The number of nitrogens with zero attached hydrogens (tertiary/aromatic N) is 2. The Bertz CT molecular complexity index is 827. The number of rotatable bonds is 7. The summed E-state index contributed by atoms with van der Waals surface area (Å²) in [4.78, 5) is 19.1. The number of ether oxygens (including phenoxy) is 1. The predicted octanol–water partition coefficient (Wildman–Crippen LogP) is 4.21. The molecule has 2 aliphatic rings. The number of hydrogen-bond donors (Lipinski definition) is 1. The fourth-order valence-electron chi connectivity index (χ4n) is 4.25. The van der Waals surface area contributed by atoms with Crippen molar-refractivity contribution < 1.29 is 9.53 Å². The van der Waals surface area contributed by atoms with Crippen molar-refractivity contribution in [2.75, 3.05) is 19.6 Å². The van der Waals surface area contributed by atoms with E-state index in [0.29, 0.717) is 12.1 Å². The topological polar surface area (TPSA) is 54.5 Å². The Morgan fingerprint density at radius 3 is 2.60 bits per heavy atom. The van der Waals surface area contributed by atoms with Crippen LogP contribution in [0.15, 0.2) is 60.8 Å². The molecule has 5 heteroatoms. The predicted molar refractivity (Wildman–Crippen MR) is 118 cm³/mol. The van der Waals surface area contributed by atoms with Crippen LogP contribution in [0.25, 0.3) is 0 Å². The molecule has 0 bridgehead atoms. The van der Waals surface area contributed by atoms with Crippen LogP contribution in [0.3, 0.4) is 0 Å². The van der Waals surface area contributed by atoms with Crippen molar-refractivity contribution in [1.29, 1.82) is 0 Å². The Kier molecular flexibility index (Phi) is 7.14. The first-order valence-electron chi connectivity index (χ1n) is 11.1. The minimum atomic E-state index is -0.0990. The van der Waals surface area contributed by atoms with Crippen molar-refractivity contribution >= 4 is 5.91 Å². The molecule has 0 spiro atoms. The van der Waals surface area contributed by atoms with Crippen LogP contribution < -0.4 is 10.1 Å². The fraction of sp³-hybridized carbons (Fsp3) is 0.440. The zero-order valence-corrected chi connectivity index (χ0v) is 17.5. The standard InChI is InChI=1S/C25H31N3O2/c29-25(27-18-22-8-4-5-15-26-22)21-9-11-23(12-10-21)30-24-13-16-28(17-14-24)19-20-6-2-1-3-7-20/h1-2,4-5,8-12,15,20,24H,3,6-7,13-14,16-19H2,(H,27,29)/t20-/m0/s1. The summed E-state index contributed by atoms with van der Waals surface area (Å²) in [5.41, 5.74) is 1.48. The first-order chi connectivity index (χ1) is 14.8. The lowest BCUT2D eigenvalue weighted by Crippen LogP contribution is -2.40. The molecular formula is C25H31N3O2. The Hall–Kier alpha value is -2.66. The third kappa shape index (κ3) is 5.92. The Labute approximate surface area is 179 Å². The van der Waals surface area contributed by atoms with Gasteiger partial charge in [-0.15, -0.1) is 0 Å². The van der Waals surface area contributed by atoms with Gasteiger partial charge in [0.25, 0.3) is 5.91 Å². The van der Waals surface area contributed by atoms with Gasteiger partial charge in [0, 0.05) is 31.4 Å². The summed E-state index contributed by atoms with van der Waals surface area (Å²) in [5, 5.41) is 2.90. The number of benzene rings is 1. The molecule has 2 heterocycles. The van der Waals surface area contributed by atoms with Gasteiger partial charge in [-0.2, -0.15) is 0 Å². The van der Waals surface area contributed by atoms with E-state index in [2.05, 4.69) is 27.4 Å². The van der Waals surface area contributed by atoms with Crippen LogP contribution in [0.1, 0.15) is 48.2 Å². The van der Waals surface area contributed by atoms with Gasteiger partial charge in [-0.3, -0.25) is 9.78 Å². The normalized spacial score (nSPS) is 20.1. The number of allylic oxidation sites excluding steroid dienone is 2. The molecule has 1 N–H and O–H groups in total. The molecule has 0 saturated carbocycles. The van der Waals surface area contributed by atoms with Gasteiger partial charge in [0.15, 0.2) is 0 Å². The van der Waals surface area contributed by atoms with Crippen LogP contribution in [0.5, 0.6) is 5.75 Å². The highest BCUT2D eigenvalue weighted by Crippen LogP contribution is 2.23. The van der Waals surface area contributed by atoms with Gasteiger partial charge >= 0.3 is 0 Å². The van der Waals surface area contributed by atoms with Gasteiger partial charge < -0.3 is 15.0 Å². The molecule has 1 aliphatic carbocycles. The number of amides is 1. The van der Waals surface area contributed by atoms with Crippen LogP contribution in [0, 0.1) is 5.92 Å². The maximum atomic E-state index is 12.3. The number of hydrogen-bond acceptors (Lipinski definition) is 4. The van der Waals surface area contributed by atoms with Crippen molar-refractivity contribution in [2.24, 2.45) is 5.92 Å². The van der Waals surface area contributed by atoms with Crippen molar-refractivity contribution in [3.8, 4) is 5.75 Å². The molecule has 1 aromatic carbocycles. The summed E-state index contributed by atoms with van der Waals surface area (Å²) in [7, 11) is 0. The Morgan fingerprint density at radius 2 is 1.90 bits per heavy atom. The zero-order valence-electron chi connectivity index (χ0n) is 17.5. The first-order valence-corrected chi connectivity index (χ1v) is 11.1. The molecule has 1 aliphatic heterocycles.